The second kappa shape index (κ2) is 6.24. The second-order valence-corrected chi connectivity index (χ2v) is 6.86. The number of hydrogen-bond acceptors (Lipinski definition) is 4. The molecule has 1 aromatic carbocycles. The number of ether oxygens (including phenoxy) is 2. The minimum atomic E-state index is 0.511. The molecule has 0 bridgehead atoms. The molecule has 2 heterocycles. The molecule has 0 fully saturated rings. The molecule has 114 valence electrons. The summed E-state index contributed by atoms with van der Waals surface area (Å²) in [6, 6.07) is 4.33. The van der Waals surface area contributed by atoms with Crippen LogP contribution in [0.3, 0.4) is 0 Å². The third kappa shape index (κ3) is 2.87. The van der Waals surface area contributed by atoms with E-state index < -0.39 is 0 Å². The van der Waals surface area contributed by atoms with Gasteiger partial charge in [0.25, 0.3) is 0 Å². The zero-order valence-corrected chi connectivity index (χ0v) is 13.8. The molecule has 0 saturated carbocycles. The van der Waals surface area contributed by atoms with E-state index in [4.69, 9.17) is 9.47 Å². The summed E-state index contributed by atoms with van der Waals surface area (Å²) in [5.74, 6) is 2.30. The van der Waals surface area contributed by atoms with Gasteiger partial charge in [-0.2, -0.15) is 0 Å². The number of fused-ring (bicyclic) bond motifs is 2. The van der Waals surface area contributed by atoms with Crippen molar-refractivity contribution >= 4 is 21.4 Å². The standard InChI is InChI=1S/C17H23NO2S/c1-4-18-10-16-17(11(2)3)12-8-13-14(9-15(12)21-16)20-7-5-6-19-13/h8-9,11,18H,4-7,10H2,1-3H3. The van der Waals surface area contributed by atoms with Crippen molar-refractivity contribution in [3.8, 4) is 11.5 Å². The van der Waals surface area contributed by atoms with Crippen molar-refractivity contribution in [1.82, 2.24) is 5.32 Å². The Morgan fingerprint density at radius 1 is 1.19 bits per heavy atom. The highest BCUT2D eigenvalue weighted by atomic mass is 32.1. The Kier molecular flexibility index (Phi) is 4.36. The second-order valence-electron chi connectivity index (χ2n) is 5.72. The van der Waals surface area contributed by atoms with Crippen molar-refractivity contribution in [2.45, 2.75) is 39.7 Å². The Morgan fingerprint density at radius 3 is 2.57 bits per heavy atom. The lowest BCUT2D eigenvalue weighted by atomic mass is 9.99. The van der Waals surface area contributed by atoms with Crippen LogP contribution in [0.1, 0.15) is 43.6 Å². The van der Waals surface area contributed by atoms with Gasteiger partial charge in [0, 0.05) is 34.0 Å². The molecule has 1 aromatic heterocycles. The molecule has 1 aliphatic rings. The average molecular weight is 305 g/mol. The quantitative estimate of drug-likeness (QED) is 0.913. The van der Waals surface area contributed by atoms with E-state index in [0.29, 0.717) is 5.92 Å². The molecular formula is C17H23NO2S. The minimum absolute atomic E-state index is 0.511. The Hall–Kier alpha value is -1.26. The predicted molar refractivity (Wildman–Crippen MR) is 88.9 cm³/mol. The summed E-state index contributed by atoms with van der Waals surface area (Å²) in [4.78, 5) is 1.43. The highest BCUT2D eigenvalue weighted by molar-refractivity contribution is 7.19. The smallest absolute Gasteiger partial charge is 0.162 e. The average Bonchev–Trinajstić information content (AvgIpc) is 2.64. The van der Waals surface area contributed by atoms with E-state index in [1.165, 1.54) is 20.5 Å². The van der Waals surface area contributed by atoms with Crippen LogP contribution >= 0.6 is 11.3 Å². The number of hydrogen-bond donors (Lipinski definition) is 1. The zero-order valence-electron chi connectivity index (χ0n) is 13.0. The molecule has 3 rings (SSSR count). The molecule has 21 heavy (non-hydrogen) atoms. The SMILES string of the molecule is CCNCc1sc2cc3c(cc2c1C(C)C)OCCCO3. The molecule has 0 radical (unpaired) electrons. The summed E-state index contributed by atoms with van der Waals surface area (Å²) >= 11 is 1.87. The van der Waals surface area contributed by atoms with E-state index in [1.54, 1.807) is 0 Å². The summed E-state index contributed by atoms with van der Waals surface area (Å²) in [6.45, 7) is 10.1. The van der Waals surface area contributed by atoms with Gasteiger partial charge in [0.05, 0.1) is 13.2 Å². The Bertz CT molecular complexity index is 633. The van der Waals surface area contributed by atoms with Crippen molar-refractivity contribution in [3.63, 3.8) is 0 Å². The Morgan fingerprint density at radius 2 is 1.90 bits per heavy atom. The van der Waals surface area contributed by atoms with Crippen LogP contribution in [-0.2, 0) is 6.54 Å². The maximum absolute atomic E-state index is 5.85. The van der Waals surface area contributed by atoms with E-state index in [1.807, 2.05) is 11.3 Å². The van der Waals surface area contributed by atoms with Crippen LogP contribution in [0.4, 0.5) is 0 Å². The van der Waals surface area contributed by atoms with E-state index in [2.05, 4.69) is 38.2 Å². The van der Waals surface area contributed by atoms with Crippen LogP contribution in [0.5, 0.6) is 11.5 Å². The summed E-state index contributed by atoms with van der Waals surface area (Å²) < 4.78 is 13.0. The first-order valence-corrected chi connectivity index (χ1v) is 8.58. The summed E-state index contributed by atoms with van der Waals surface area (Å²) in [7, 11) is 0. The van der Waals surface area contributed by atoms with Gasteiger partial charge in [0.15, 0.2) is 11.5 Å². The molecule has 3 nitrogen and oxygen atoms in total. The molecule has 0 atom stereocenters. The fourth-order valence-electron chi connectivity index (χ4n) is 2.83. The molecule has 0 amide bonds. The van der Waals surface area contributed by atoms with Crippen LogP contribution in [0, 0.1) is 0 Å². The van der Waals surface area contributed by atoms with Gasteiger partial charge in [-0.05, 0) is 24.1 Å². The van der Waals surface area contributed by atoms with Gasteiger partial charge in [-0.25, -0.2) is 0 Å². The predicted octanol–water partition coefficient (Wildman–Crippen LogP) is 4.30. The first-order valence-electron chi connectivity index (χ1n) is 7.76. The van der Waals surface area contributed by atoms with Gasteiger partial charge in [-0.1, -0.05) is 20.8 Å². The van der Waals surface area contributed by atoms with E-state index in [9.17, 15) is 0 Å². The third-order valence-corrected chi connectivity index (χ3v) is 4.95. The lowest BCUT2D eigenvalue weighted by molar-refractivity contribution is 0.297. The van der Waals surface area contributed by atoms with E-state index >= 15 is 0 Å². The monoisotopic (exact) mass is 305 g/mol. The van der Waals surface area contributed by atoms with Gasteiger partial charge in [-0.3, -0.25) is 0 Å². The Labute approximate surface area is 130 Å². The molecule has 2 aromatic rings. The number of nitrogens with one attached hydrogen (secondary N) is 1. The van der Waals surface area contributed by atoms with Gasteiger partial charge in [0.1, 0.15) is 0 Å². The molecule has 0 aliphatic carbocycles. The molecule has 1 N–H and O–H groups in total. The minimum Gasteiger partial charge on any atom is -0.490 e. The van der Waals surface area contributed by atoms with Gasteiger partial charge in [0.2, 0.25) is 0 Å². The van der Waals surface area contributed by atoms with Crippen LogP contribution < -0.4 is 14.8 Å². The molecule has 1 aliphatic heterocycles. The molecule has 0 spiro atoms. The number of benzene rings is 1. The fourth-order valence-corrected chi connectivity index (χ4v) is 4.17. The van der Waals surface area contributed by atoms with Crippen molar-refractivity contribution in [3.05, 3.63) is 22.6 Å². The maximum Gasteiger partial charge on any atom is 0.162 e. The summed E-state index contributed by atoms with van der Waals surface area (Å²) in [5, 5.41) is 4.77. The first kappa shape index (κ1) is 14.7. The lowest BCUT2D eigenvalue weighted by Crippen LogP contribution is -2.12. The van der Waals surface area contributed by atoms with Crippen LogP contribution in [-0.4, -0.2) is 19.8 Å². The van der Waals surface area contributed by atoms with Crippen LogP contribution in [0.2, 0.25) is 0 Å². The van der Waals surface area contributed by atoms with Crippen LogP contribution in [0.25, 0.3) is 10.1 Å². The molecule has 4 heteroatoms. The molecule has 0 unspecified atom stereocenters. The van der Waals surface area contributed by atoms with E-state index in [-0.39, 0.29) is 0 Å². The highest BCUT2D eigenvalue weighted by Gasteiger charge is 2.19. The third-order valence-electron chi connectivity index (χ3n) is 3.79. The molecule has 0 saturated heterocycles. The van der Waals surface area contributed by atoms with Crippen LogP contribution in [0.15, 0.2) is 12.1 Å². The number of thiophene rings is 1. The van der Waals surface area contributed by atoms with Crippen molar-refractivity contribution < 1.29 is 9.47 Å². The fraction of sp³-hybridized carbons (Fsp3) is 0.529. The zero-order chi connectivity index (χ0) is 14.8. The van der Waals surface area contributed by atoms with Crippen molar-refractivity contribution in [2.75, 3.05) is 19.8 Å². The summed E-state index contributed by atoms with van der Waals surface area (Å²) in [5.41, 5.74) is 1.45. The molecular weight excluding hydrogens is 282 g/mol. The lowest BCUT2D eigenvalue weighted by Gasteiger charge is -2.10. The van der Waals surface area contributed by atoms with Gasteiger partial charge in [-0.15, -0.1) is 11.3 Å². The number of rotatable bonds is 4. The largest absolute Gasteiger partial charge is 0.490 e. The van der Waals surface area contributed by atoms with E-state index in [0.717, 1.165) is 44.2 Å². The summed E-state index contributed by atoms with van der Waals surface area (Å²) in [6.07, 6.45) is 0.949. The topological polar surface area (TPSA) is 30.5 Å². The maximum atomic E-state index is 5.85. The Balaban J connectivity index is 2.11. The van der Waals surface area contributed by atoms with Gasteiger partial charge < -0.3 is 14.8 Å². The normalized spacial score (nSPS) is 14.7. The van der Waals surface area contributed by atoms with Crippen molar-refractivity contribution in [1.29, 1.82) is 0 Å². The highest BCUT2D eigenvalue weighted by Crippen LogP contribution is 2.42. The van der Waals surface area contributed by atoms with Gasteiger partial charge >= 0.3 is 0 Å². The van der Waals surface area contributed by atoms with Crippen molar-refractivity contribution in [2.24, 2.45) is 0 Å². The first-order chi connectivity index (χ1) is 10.2.